The Labute approximate surface area is 158 Å². The Kier molecular flexibility index (Phi) is 4.90. The third-order valence-corrected chi connectivity index (χ3v) is 7.78. The fourth-order valence-electron chi connectivity index (χ4n) is 2.83. The second kappa shape index (κ2) is 6.56. The molecule has 0 radical (unpaired) electrons. The molecule has 1 heterocycles. The molecule has 0 amide bonds. The van der Waals surface area contributed by atoms with Crippen molar-refractivity contribution in [3.8, 4) is 0 Å². The molecule has 3 rings (SSSR count). The molecule has 136 valence electrons. The van der Waals surface area contributed by atoms with E-state index in [0.29, 0.717) is 10.7 Å². The van der Waals surface area contributed by atoms with Gasteiger partial charge in [-0.1, -0.05) is 44.5 Å². The van der Waals surface area contributed by atoms with Crippen LogP contribution in [-0.4, -0.2) is 13.0 Å². The van der Waals surface area contributed by atoms with E-state index in [4.69, 9.17) is 11.6 Å². The maximum atomic E-state index is 12.8. The summed E-state index contributed by atoms with van der Waals surface area (Å²) in [4.78, 5) is 1.76. The molecule has 0 aliphatic heterocycles. The van der Waals surface area contributed by atoms with E-state index in [1.54, 1.807) is 18.2 Å². The van der Waals surface area contributed by atoms with Crippen LogP contribution in [0.3, 0.4) is 0 Å². The minimum atomic E-state index is -3.85. The van der Waals surface area contributed by atoms with Crippen LogP contribution >= 0.6 is 22.9 Å². The molecule has 4 nitrogen and oxygen atoms in total. The summed E-state index contributed by atoms with van der Waals surface area (Å²) in [6, 6.07) is 6.44. The molecule has 1 aliphatic carbocycles. The highest BCUT2D eigenvalue weighted by Crippen LogP contribution is 2.34. The number of aromatic nitrogens is 1. The molecular weight excluding hydrogens is 376 g/mol. The summed E-state index contributed by atoms with van der Waals surface area (Å²) in [5.74, 6) is 0.628. The molecule has 0 atom stereocenters. The van der Waals surface area contributed by atoms with Gasteiger partial charge >= 0.3 is 0 Å². The van der Waals surface area contributed by atoms with Crippen LogP contribution in [-0.2, 0) is 22.0 Å². The maximum Gasteiger partial charge on any atom is 0.286 e. The number of benzene rings is 1. The van der Waals surface area contributed by atoms with Crippen LogP contribution in [0, 0.1) is 12.8 Å². The van der Waals surface area contributed by atoms with Gasteiger partial charge in [0.1, 0.15) is 4.90 Å². The highest BCUT2D eigenvalue weighted by Gasteiger charge is 2.28. The lowest BCUT2D eigenvalue weighted by Crippen LogP contribution is -2.20. The third-order valence-electron chi connectivity index (χ3n) is 4.29. The Morgan fingerprint density at radius 1 is 1.28 bits per heavy atom. The summed E-state index contributed by atoms with van der Waals surface area (Å²) >= 11 is 7.54. The van der Waals surface area contributed by atoms with Crippen LogP contribution in [0.5, 0.6) is 0 Å². The van der Waals surface area contributed by atoms with Crippen molar-refractivity contribution in [1.29, 1.82) is 0 Å². The Hall–Kier alpha value is -1.11. The predicted molar refractivity (Wildman–Crippen MR) is 103 cm³/mol. The largest absolute Gasteiger partial charge is 0.320 e. The molecule has 0 bridgehead atoms. The minimum Gasteiger partial charge on any atom is -0.320 e. The Morgan fingerprint density at radius 2 is 1.92 bits per heavy atom. The lowest BCUT2D eigenvalue weighted by Gasteiger charge is -2.17. The number of thiazole rings is 1. The fraction of sp³-hybridized carbons (Fsp3) is 0.500. The van der Waals surface area contributed by atoms with Gasteiger partial charge in [0.05, 0.1) is 5.02 Å². The van der Waals surface area contributed by atoms with E-state index >= 15 is 0 Å². The first-order valence-electron chi connectivity index (χ1n) is 8.36. The first-order chi connectivity index (χ1) is 11.6. The van der Waals surface area contributed by atoms with Gasteiger partial charge in [0.15, 0.2) is 0 Å². The molecule has 0 N–H and O–H groups in total. The summed E-state index contributed by atoms with van der Waals surface area (Å²) in [7, 11) is -3.85. The highest BCUT2D eigenvalue weighted by atomic mass is 35.5. The fourth-order valence-corrected chi connectivity index (χ4v) is 5.74. The van der Waals surface area contributed by atoms with Crippen molar-refractivity contribution in [2.24, 2.45) is 10.3 Å². The standard InChI is InChI=1S/C18H23ClN2O2S2/c1-12-16(18(2,3)4)24-17(21(12)11-13-9-10-13)20-25(22,23)15-8-6-5-7-14(15)19/h5-8,13H,9-11H2,1-4H3/b20-17-. The molecule has 25 heavy (non-hydrogen) atoms. The van der Waals surface area contributed by atoms with Crippen LogP contribution < -0.4 is 4.80 Å². The van der Waals surface area contributed by atoms with Crippen molar-refractivity contribution in [1.82, 2.24) is 4.57 Å². The molecular formula is C18H23ClN2O2S2. The predicted octanol–water partition coefficient (Wildman–Crippen LogP) is 4.51. The maximum absolute atomic E-state index is 12.8. The molecule has 2 aromatic rings. The molecule has 1 aliphatic rings. The van der Waals surface area contributed by atoms with Crippen LogP contribution in [0.4, 0.5) is 0 Å². The van der Waals surface area contributed by atoms with Crippen molar-refractivity contribution in [2.75, 3.05) is 0 Å². The second-order valence-electron chi connectivity index (χ2n) is 7.60. The quantitative estimate of drug-likeness (QED) is 0.760. The van der Waals surface area contributed by atoms with Gasteiger partial charge in [0.2, 0.25) is 4.80 Å². The number of rotatable bonds is 4. The zero-order chi connectivity index (χ0) is 18.4. The van der Waals surface area contributed by atoms with Crippen LogP contribution in [0.2, 0.25) is 5.02 Å². The molecule has 0 saturated heterocycles. The van der Waals surface area contributed by atoms with Gasteiger partial charge in [-0.25, -0.2) is 0 Å². The number of halogens is 1. The van der Waals surface area contributed by atoms with Gasteiger partial charge in [-0.05, 0) is 43.2 Å². The first-order valence-corrected chi connectivity index (χ1v) is 11.0. The summed E-state index contributed by atoms with van der Waals surface area (Å²) in [5.41, 5.74) is 1.06. The van der Waals surface area contributed by atoms with Gasteiger partial charge in [-0.3, -0.25) is 0 Å². The van der Waals surface area contributed by atoms with E-state index in [9.17, 15) is 8.42 Å². The van der Waals surface area contributed by atoms with E-state index in [2.05, 4.69) is 36.7 Å². The molecule has 7 heteroatoms. The molecule has 1 aromatic carbocycles. The summed E-state index contributed by atoms with van der Waals surface area (Å²) in [6.07, 6.45) is 2.40. The van der Waals surface area contributed by atoms with Gasteiger partial charge < -0.3 is 4.57 Å². The highest BCUT2D eigenvalue weighted by molar-refractivity contribution is 7.90. The number of hydrogen-bond acceptors (Lipinski definition) is 3. The average molecular weight is 399 g/mol. The van der Waals surface area contributed by atoms with E-state index in [0.717, 1.165) is 12.2 Å². The van der Waals surface area contributed by atoms with E-state index in [1.165, 1.54) is 35.1 Å². The molecule has 0 spiro atoms. The average Bonchev–Trinajstić information content (AvgIpc) is 3.26. The van der Waals surface area contributed by atoms with E-state index in [-0.39, 0.29) is 15.3 Å². The van der Waals surface area contributed by atoms with Gasteiger partial charge in [0, 0.05) is 17.1 Å². The Bertz CT molecular complexity index is 962. The van der Waals surface area contributed by atoms with Crippen LogP contribution in [0.1, 0.15) is 44.2 Å². The smallest absolute Gasteiger partial charge is 0.286 e. The van der Waals surface area contributed by atoms with Crippen molar-refractivity contribution in [3.63, 3.8) is 0 Å². The van der Waals surface area contributed by atoms with Crippen molar-refractivity contribution in [3.05, 3.63) is 44.7 Å². The minimum absolute atomic E-state index is 0.0536. The normalized spacial score (nSPS) is 16.4. The van der Waals surface area contributed by atoms with Crippen LogP contribution in [0.25, 0.3) is 0 Å². The molecule has 1 aromatic heterocycles. The zero-order valence-electron chi connectivity index (χ0n) is 14.9. The van der Waals surface area contributed by atoms with Crippen molar-refractivity contribution in [2.45, 2.75) is 57.4 Å². The van der Waals surface area contributed by atoms with Crippen molar-refractivity contribution < 1.29 is 8.42 Å². The monoisotopic (exact) mass is 398 g/mol. The second-order valence-corrected chi connectivity index (χ2v) is 10.6. The van der Waals surface area contributed by atoms with Gasteiger partial charge in [0.25, 0.3) is 10.0 Å². The van der Waals surface area contributed by atoms with Gasteiger partial charge in [-0.2, -0.15) is 8.42 Å². The topological polar surface area (TPSA) is 51.4 Å². The summed E-state index contributed by atoms with van der Waals surface area (Å²) in [6.45, 7) is 9.30. The zero-order valence-corrected chi connectivity index (χ0v) is 17.3. The first kappa shape index (κ1) is 18.7. The number of sulfonamides is 1. The summed E-state index contributed by atoms with van der Waals surface area (Å²) < 4.78 is 31.8. The number of hydrogen-bond donors (Lipinski definition) is 0. The Balaban J connectivity index is 2.18. The lowest BCUT2D eigenvalue weighted by molar-refractivity contribution is 0.562. The third kappa shape index (κ3) is 4.01. The van der Waals surface area contributed by atoms with Gasteiger partial charge in [-0.15, -0.1) is 15.7 Å². The summed E-state index contributed by atoms with van der Waals surface area (Å²) in [5, 5.41) is 0.198. The van der Waals surface area contributed by atoms with Crippen LogP contribution in [0.15, 0.2) is 33.6 Å². The van der Waals surface area contributed by atoms with Crippen molar-refractivity contribution >= 4 is 33.0 Å². The number of nitrogens with zero attached hydrogens (tertiary/aromatic N) is 2. The van der Waals surface area contributed by atoms with E-state index < -0.39 is 10.0 Å². The Morgan fingerprint density at radius 3 is 2.48 bits per heavy atom. The van der Waals surface area contributed by atoms with E-state index in [1.807, 2.05) is 0 Å². The molecule has 1 fully saturated rings. The lowest BCUT2D eigenvalue weighted by atomic mass is 9.93. The molecule has 0 unspecified atom stereocenters. The SMILES string of the molecule is Cc1c(C(C)(C)C)s/c(=N\S(=O)(=O)c2ccccc2Cl)n1CC1CC1. The molecule has 1 saturated carbocycles.